The van der Waals surface area contributed by atoms with Crippen LogP contribution in [-0.4, -0.2) is 12.8 Å². The fourth-order valence-corrected chi connectivity index (χ4v) is 1.22. The maximum absolute atomic E-state index is 4.22. The minimum Gasteiger partial charge on any atom is -0.293 e. The molecular formula is C11H21N. The molecule has 0 saturated heterocycles. The summed E-state index contributed by atoms with van der Waals surface area (Å²) in [5.74, 6) is 0.651. The minimum atomic E-state index is 0.651. The molecule has 0 saturated carbocycles. The number of nitrogens with zero attached hydrogens (tertiary/aromatic N) is 1. The number of hydrogen-bond donors (Lipinski definition) is 0. The molecule has 0 atom stereocenters. The maximum atomic E-state index is 4.22. The zero-order valence-corrected chi connectivity index (χ0v) is 9.02. The molecule has 0 aliphatic heterocycles. The summed E-state index contributed by atoms with van der Waals surface area (Å²) in [5.41, 5.74) is 2.71. The van der Waals surface area contributed by atoms with Crippen LogP contribution >= 0.6 is 0 Å². The van der Waals surface area contributed by atoms with E-state index in [9.17, 15) is 0 Å². The van der Waals surface area contributed by atoms with Crippen molar-refractivity contribution in [2.24, 2.45) is 10.9 Å². The lowest BCUT2D eigenvalue weighted by Crippen LogP contribution is -1.98. The maximum Gasteiger partial charge on any atom is 0.0341 e. The minimum absolute atomic E-state index is 0.651. The predicted molar refractivity (Wildman–Crippen MR) is 56.9 cm³/mol. The Morgan fingerprint density at radius 3 is 2.08 bits per heavy atom. The van der Waals surface area contributed by atoms with Crippen molar-refractivity contribution in [3.05, 3.63) is 11.6 Å². The third-order valence-corrected chi connectivity index (χ3v) is 2.15. The van der Waals surface area contributed by atoms with Gasteiger partial charge in [-0.15, -0.1) is 0 Å². The third kappa shape index (κ3) is 3.70. The van der Waals surface area contributed by atoms with Gasteiger partial charge in [0.25, 0.3) is 0 Å². The second kappa shape index (κ2) is 5.99. The second-order valence-corrected chi connectivity index (χ2v) is 3.30. The van der Waals surface area contributed by atoms with Gasteiger partial charge in [0.1, 0.15) is 0 Å². The highest BCUT2D eigenvalue weighted by Gasteiger charge is 2.00. The monoisotopic (exact) mass is 167 g/mol. The van der Waals surface area contributed by atoms with Crippen LogP contribution in [0.1, 0.15) is 40.5 Å². The molecule has 0 radical (unpaired) electrons. The summed E-state index contributed by atoms with van der Waals surface area (Å²) in [6, 6.07) is 0. The van der Waals surface area contributed by atoms with E-state index < -0.39 is 0 Å². The topological polar surface area (TPSA) is 12.4 Å². The second-order valence-electron chi connectivity index (χ2n) is 3.30. The normalized spacial score (nSPS) is 14.2. The van der Waals surface area contributed by atoms with E-state index in [1.165, 1.54) is 11.3 Å². The van der Waals surface area contributed by atoms with Crippen LogP contribution in [-0.2, 0) is 0 Å². The molecule has 0 aromatic carbocycles. The van der Waals surface area contributed by atoms with Crippen LogP contribution in [0.4, 0.5) is 0 Å². The summed E-state index contributed by atoms with van der Waals surface area (Å²) < 4.78 is 0. The molecule has 0 bridgehead atoms. The molecule has 1 nitrogen and oxygen atoms in total. The van der Waals surface area contributed by atoms with Gasteiger partial charge in [-0.05, 0) is 24.8 Å². The Morgan fingerprint density at radius 2 is 1.83 bits per heavy atom. The quantitative estimate of drug-likeness (QED) is 0.569. The first-order valence-electron chi connectivity index (χ1n) is 4.81. The van der Waals surface area contributed by atoms with Crippen molar-refractivity contribution in [3.63, 3.8) is 0 Å². The van der Waals surface area contributed by atoms with Crippen molar-refractivity contribution in [3.8, 4) is 0 Å². The molecule has 0 aliphatic rings. The largest absolute Gasteiger partial charge is 0.293 e. The van der Waals surface area contributed by atoms with Crippen LogP contribution in [0.5, 0.6) is 0 Å². The Labute approximate surface area is 76.6 Å². The van der Waals surface area contributed by atoms with Gasteiger partial charge in [-0.3, -0.25) is 4.99 Å². The summed E-state index contributed by atoms with van der Waals surface area (Å²) in [7, 11) is 1.86. The summed E-state index contributed by atoms with van der Waals surface area (Å²) in [6.07, 6.45) is 4.41. The van der Waals surface area contributed by atoms with Gasteiger partial charge in [-0.2, -0.15) is 0 Å². The van der Waals surface area contributed by atoms with Crippen molar-refractivity contribution in [2.45, 2.75) is 40.5 Å². The fraction of sp³-hybridized carbons (Fsp3) is 0.727. The first-order chi connectivity index (χ1) is 5.65. The highest BCUT2D eigenvalue weighted by Crippen LogP contribution is 2.13. The van der Waals surface area contributed by atoms with Crippen LogP contribution in [0.2, 0.25) is 0 Å². The van der Waals surface area contributed by atoms with Gasteiger partial charge in [0.2, 0.25) is 0 Å². The number of aliphatic imine (C=N–C) groups is 1. The number of rotatable bonds is 4. The summed E-state index contributed by atoms with van der Waals surface area (Å²) in [4.78, 5) is 4.22. The van der Waals surface area contributed by atoms with E-state index in [4.69, 9.17) is 0 Å². The van der Waals surface area contributed by atoms with Crippen LogP contribution in [0.15, 0.2) is 16.6 Å². The van der Waals surface area contributed by atoms with E-state index >= 15 is 0 Å². The highest BCUT2D eigenvalue weighted by atomic mass is 14.7. The number of hydrogen-bond acceptors (Lipinski definition) is 1. The smallest absolute Gasteiger partial charge is 0.0341 e. The van der Waals surface area contributed by atoms with E-state index in [0.717, 1.165) is 12.8 Å². The van der Waals surface area contributed by atoms with E-state index in [0.29, 0.717) is 5.92 Å². The Balaban J connectivity index is 4.47. The summed E-state index contributed by atoms with van der Waals surface area (Å²) >= 11 is 0. The molecule has 0 spiro atoms. The molecule has 1 heteroatoms. The van der Waals surface area contributed by atoms with Crippen molar-refractivity contribution in [1.82, 2.24) is 0 Å². The van der Waals surface area contributed by atoms with E-state index in [1.54, 1.807) is 0 Å². The van der Waals surface area contributed by atoms with E-state index in [1.807, 2.05) is 7.05 Å². The molecule has 0 rings (SSSR count). The standard InChI is InChI=1S/C11H21N/c1-6-10(9(3)4)8-11(7-2)12-5/h8-9H,6-7H2,1-5H3/b10-8-,12-11?. The SMILES string of the molecule is CCC(/C=C(/CC)C(C)C)=NC. The molecule has 70 valence electrons. The first kappa shape index (κ1) is 11.4. The zero-order valence-electron chi connectivity index (χ0n) is 9.02. The van der Waals surface area contributed by atoms with Crippen LogP contribution < -0.4 is 0 Å². The molecule has 0 fully saturated rings. The highest BCUT2D eigenvalue weighted by molar-refractivity contribution is 5.95. The molecule has 0 aliphatic carbocycles. The van der Waals surface area contributed by atoms with Gasteiger partial charge in [0, 0.05) is 12.8 Å². The Bertz CT molecular complexity index is 175. The fourth-order valence-electron chi connectivity index (χ4n) is 1.22. The summed E-state index contributed by atoms with van der Waals surface area (Å²) in [5, 5.41) is 0. The van der Waals surface area contributed by atoms with Crippen LogP contribution in [0, 0.1) is 5.92 Å². The molecule has 0 aromatic rings. The van der Waals surface area contributed by atoms with Gasteiger partial charge >= 0.3 is 0 Å². The van der Waals surface area contributed by atoms with Crippen molar-refractivity contribution >= 4 is 5.71 Å². The average Bonchev–Trinajstić information content (AvgIpc) is 2.06. The Morgan fingerprint density at radius 1 is 1.25 bits per heavy atom. The lowest BCUT2D eigenvalue weighted by atomic mass is 9.99. The lowest BCUT2D eigenvalue weighted by molar-refractivity contribution is 0.733. The molecular weight excluding hydrogens is 146 g/mol. The molecule has 0 unspecified atom stereocenters. The van der Waals surface area contributed by atoms with Gasteiger partial charge in [-0.1, -0.05) is 33.3 Å². The average molecular weight is 167 g/mol. The van der Waals surface area contributed by atoms with Crippen molar-refractivity contribution in [2.75, 3.05) is 7.05 Å². The first-order valence-corrected chi connectivity index (χ1v) is 4.81. The molecule has 0 heterocycles. The number of allylic oxidation sites excluding steroid dienone is 2. The van der Waals surface area contributed by atoms with Gasteiger partial charge < -0.3 is 0 Å². The van der Waals surface area contributed by atoms with E-state index in [2.05, 4.69) is 38.8 Å². The molecule has 0 N–H and O–H groups in total. The molecule has 0 aromatic heterocycles. The molecule has 12 heavy (non-hydrogen) atoms. The van der Waals surface area contributed by atoms with Gasteiger partial charge in [0.05, 0.1) is 0 Å². The summed E-state index contributed by atoms with van der Waals surface area (Å²) in [6.45, 7) is 8.82. The molecule has 0 amide bonds. The third-order valence-electron chi connectivity index (χ3n) is 2.15. The Hall–Kier alpha value is -0.590. The van der Waals surface area contributed by atoms with Crippen LogP contribution in [0.25, 0.3) is 0 Å². The van der Waals surface area contributed by atoms with E-state index in [-0.39, 0.29) is 0 Å². The predicted octanol–water partition coefficient (Wildman–Crippen LogP) is 3.46. The van der Waals surface area contributed by atoms with Crippen molar-refractivity contribution < 1.29 is 0 Å². The van der Waals surface area contributed by atoms with Gasteiger partial charge in [-0.25, -0.2) is 0 Å². The Kier molecular flexibility index (Phi) is 5.69. The lowest BCUT2D eigenvalue weighted by Gasteiger charge is -2.08. The zero-order chi connectivity index (χ0) is 9.56. The van der Waals surface area contributed by atoms with Crippen molar-refractivity contribution in [1.29, 1.82) is 0 Å². The van der Waals surface area contributed by atoms with Gasteiger partial charge in [0.15, 0.2) is 0 Å². The van der Waals surface area contributed by atoms with Crippen LogP contribution in [0.3, 0.4) is 0 Å².